The minimum absolute atomic E-state index is 0.0190. The number of thiazole rings is 2. The molecule has 14 N–H and O–H groups in total. The number of rotatable bonds is 26. The van der Waals surface area contributed by atoms with E-state index >= 15 is 0 Å². The van der Waals surface area contributed by atoms with Crippen molar-refractivity contribution in [3.8, 4) is 33.8 Å². The summed E-state index contributed by atoms with van der Waals surface area (Å²) in [5.74, 6) is -6.81. The molecule has 0 unspecified atom stereocenters. The summed E-state index contributed by atoms with van der Waals surface area (Å²) in [5.41, 5.74) is 18.5. The van der Waals surface area contributed by atoms with Crippen LogP contribution in [0.5, 0.6) is 11.5 Å². The first-order chi connectivity index (χ1) is 44.7. The van der Waals surface area contributed by atoms with E-state index in [1.165, 1.54) is 52.3 Å². The highest BCUT2D eigenvalue weighted by Gasteiger charge is 2.62. The van der Waals surface area contributed by atoms with Gasteiger partial charge in [-0.3, -0.25) is 19.2 Å². The fourth-order valence-electron chi connectivity index (χ4n) is 11.1. The van der Waals surface area contributed by atoms with E-state index in [1.807, 2.05) is 69.7 Å². The third-order valence-corrected chi connectivity index (χ3v) is 19.0. The van der Waals surface area contributed by atoms with Crippen molar-refractivity contribution in [2.75, 3.05) is 24.6 Å². The molecule has 4 aliphatic heterocycles. The van der Waals surface area contributed by atoms with Gasteiger partial charge in [-0.05, 0) is 114 Å². The van der Waals surface area contributed by atoms with Crippen LogP contribution >= 0.6 is 22.7 Å². The summed E-state index contributed by atoms with van der Waals surface area (Å²) in [4.78, 5) is 102. The Labute approximate surface area is 550 Å². The van der Waals surface area contributed by atoms with E-state index in [9.17, 15) is 57.6 Å². The maximum Gasteiger partial charge on any atom is 0.442 e. The van der Waals surface area contributed by atoms with Gasteiger partial charge in [0.05, 0.1) is 46.8 Å². The van der Waals surface area contributed by atoms with Crippen molar-refractivity contribution in [3.63, 3.8) is 0 Å². The van der Waals surface area contributed by atoms with Crippen LogP contribution in [-0.4, -0.2) is 177 Å². The number of carboxylic acids is 2. The average molecular weight is 1380 g/mol. The normalized spacial score (nSPS) is 21.1. The highest BCUT2D eigenvalue weighted by molar-refractivity contribution is 7.81. The van der Waals surface area contributed by atoms with Crippen molar-refractivity contribution < 1.29 is 94.7 Å². The van der Waals surface area contributed by atoms with Crippen LogP contribution in [-0.2, 0) is 97.4 Å². The zero-order chi connectivity index (χ0) is 69.0. The fraction of sp³-hybridized carbons (Fsp3) is 0.448. The molecule has 4 amide bonds. The molecule has 0 saturated carbocycles. The SMILES string of the molecule is C[n+]1cc(-c2ccc3c(c2)CC[C@H]([C@](C)(O/N=C(\C(=O)N[C@@H]2C(=O)N(OS(=O)(=O)ON4C(=O)[C@@H](NC(=O)/C(=N\O[C@](C)(C(=O)O)[C@H]5CCc6cc(-c7cn(C[C@@H](O)CN)[n+](C)c7)ccc6O5)c5csc(N)n5)C4(C)C)C2(C)C)c2csc(N)n2)C(=O)O)O3)cn1C[C@@H](O)CN. The molecule has 10 rings (SSSR count). The van der Waals surface area contributed by atoms with Crippen LogP contribution in [0.3, 0.4) is 0 Å². The quantitative estimate of drug-likeness (QED) is 0.0134. The molecule has 2 fully saturated rings. The minimum atomic E-state index is -5.40. The van der Waals surface area contributed by atoms with Crippen molar-refractivity contribution in [1.29, 1.82) is 0 Å². The summed E-state index contributed by atoms with van der Waals surface area (Å²) in [7, 11) is -1.75. The number of benzene rings is 2. The van der Waals surface area contributed by atoms with E-state index in [4.69, 9.17) is 50.7 Å². The van der Waals surface area contributed by atoms with Gasteiger partial charge in [-0.2, -0.15) is 27.9 Å². The molecule has 34 nitrogen and oxygen atoms in total. The van der Waals surface area contributed by atoms with Crippen LogP contribution in [0.1, 0.15) is 76.9 Å². The Hall–Kier alpha value is -9.21. The number of aromatic nitrogens is 6. The number of hydrogen-bond acceptors (Lipinski definition) is 26. The molecule has 0 aliphatic carbocycles. The van der Waals surface area contributed by atoms with Crippen molar-refractivity contribution in [2.45, 2.75) is 139 Å². The summed E-state index contributed by atoms with van der Waals surface area (Å²) < 4.78 is 57.1. The summed E-state index contributed by atoms with van der Waals surface area (Å²) in [5, 5.41) is 57.7. The smallest absolute Gasteiger partial charge is 0.442 e. The Bertz CT molecular complexity index is 3950. The molecule has 4 aromatic heterocycles. The lowest BCUT2D eigenvalue weighted by molar-refractivity contribution is -0.754. The monoisotopic (exact) mass is 1380 g/mol. The minimum Gasteiger partial charge on any atom is -0.485 e. The van der Waals surface area contributed by atoms with E-state index in [-0.39, 0.29) is 60.7 Å². The second kappa shape index (κ2) is 26.2. The van der Waals surface area contributed by atoms with Crippen molar-refractivity contribution >= 4 is 90.3 Å². The number of β-lactam (4-membered cyclic amide) rings is 2. The van der Waals surface area contributed by atoms with Crippen LogP contribution in [0.2, 0.25) is 0 Å². The summed E-state index contributed by atoms with van der Waals surface area (Å²) in [6.07, 6.45) is 4.60. The van der Waals surface area contributed by atoms with Crippen molar-refractivity contribution in [2.24, 2.45) is 35.9 Å². The van der Waals surface area contributed by atoms with Crippen LogP contribution in [0.15, 0.2) is 82.3 Å². The topological polar surface area (TPSA) is 476 Å². The highest BCUT2D eigenvalue weighted by Crippen LogP contribution is 2.40. The number of carbonyl (C=O) groups is 6. The Kier molecular flexibility index (Phi) is 18.9. The Balaban J connectivity index is 0.772. The van der Waals surface area contributed by atoms with Gasteiger partial charge in [0.15, 0.2) is 48.0 Å². The van der Waals surface area contributed by atoms with E-state index in [1.54, 1.807) is 24.3 Å². The number of hydrogen-bond donors (Lipinski definition) is 10. The molecular weight excluding hydrogens is 1300 g/mol. The molecule has 4 aliphatic rings. The maximum atomic E-state index is 14.2. The number of nitrogens with zero attached hydrogens (tertiary/aromatic N) is 10. The second-order valence-corrected chi connectivity index (χ2v) is 27.4. The van der Waals surface area contributed by atoms with E-state index in [2.05, 4.69) is 30.9 Å². The van der Waals surface area contributed by atoms with Gasteiger partial charge < -0.3 is 73.1 Å². The van der Waals surface area contributed by atoms with Gasteiger partial charge in [-0.1, -0.05) is 22.4 Å². The van der Waals surface area contributed by atoms with E-state index in [0.717, 1.165) is 56.1 Å². The Morgan fingerprint density at radius 1 is 0.695 bits per heavy atom. The first kappa shape index (κ1) is 68.6. The molecule has 37 heteroatoms. The van der Waals surface area contributed by atoms with Crippen LogP contribution in [0.25, 0.3) is 22.3 Å². The highest BCUT2D eigenvalue weighted by atomic mass is 32.3. The molecule has 2 saturated heterocycles. The zero-order valence-corrected chi connectivity index (χ0v) is 55.0. The number of hydroxylamine groups is 4. The molecule has 8 heterocycles. The number of carboxylic acid groups (broad SMARTS) is 2. The predicted octanol–water partition coefficient (Wildman–Crippen LogP) is -1.08. The van der Waals surface area contributed by atoms with Crippen LogP contribution < -0.4 is 52.4 Å². The Morgan fingerprint density at radius 2 is 1.07 bits per heavy atom. The number of carbonyl (C=O) groups excluding carboxylic acids is 4. The standard InChI is InChI=1S/C58H70N16O18S3/c1-55(2)45(65-47(77)43(37-27-93-53(61)63-37)67-89-57(5,51(81)82)41-15-11-31-17-29(9-13-39(31)87-41)33-21-69(7)71(23-33)25-35(75)19-59)49(79)73(55)91-95(85,86)92-74-50(80)46(56(74,3)4)66-48(78)44(38-28-94-54(62)64-38)68-90-58(6,52(83)84)42-16-12-32-18-30(10-14-40(32)88-42)34-22-70(8)72(24-34)26-36(76)20-60/h9-10,13-14,17-18,21-24,27-28,35-36,41-42,45-46,75-76H,11-12,15-16,19-20,25-26,59-60H2,1-8H3,(H6-2,61,62,63,64,65,66,77,78,81,82,83,84)/p+2/b67-43-,68-44-/t35-,36-,41+,42+,45+,46+,57-,58-/m0/s1. The second-order valence-electron chi connectivity index (χ2n) is 24.5. The lowest BCUT2D eigenvalue weighted by Crippen LogP contribution is -2.78. The number of nitrogens with two attached hydrogens (primary N) is 4. The number of fused-ring (bicyclic) bond motifs is 2. The number of oxime groups is 2. The molecule has 0 spiro atoms. The van der Waals surface area contributed by atoms with E-state index < -0.39 is 116 Å². The van der Waals surface area contributed by atoms with Gasteiger partial charge in [0.1, 0.15) is 48.1 Å². The zero-order valence-electron chi connectivity index (χ0n) is 52.6. The third kappa shape index (κ3) is 13.6. The summed E-state index contributed by atoms with van der Waals surface area (Å²) in [6, 6.07) is 7.67. The largest absolute Gasteiger partial charge is 0.485 e. The molecular formula is C58H72N16O18S3+2. The molecule has 0 bridgehead atoms. The van der Waals surface area contributed by atoms with Gasteiger partial charge in [0.25, 0.3) is 34.8 Å². The summed E-state index contributed by atoms with van der Waals surface area (Å²) in [6.45, 7) is 8.41. The number of amides is 4. The number of anilines is 2. The molecule has 2 aromatic carbocycles. The lowest BCUT2D eigenvalue weighted by Gasteiger charge is -2.52. The Morgan fingerprint density at radius 3 is 1.40 bits per heavy atom. The van der Waals surface area contributed by atoms with Crippen LogP contribution in [0, 0.1) is 0 Å². The maximum absolute atomic E-state index is 14.2. The van der Waals surface area contributed by atoms with Gasteiger partial charge >= 0.3 is 22.3 Å². The number of aliphatic hydroxyl groups excluding tert-OH is 2. The van der Waals surface area contributed by atoms with Gasteiger partial charge in [0, 0.05) is 23.8 Å². The summed E-state index contributed by atoms with van der Waals surface area (Å²) >= 11 is 1.81. The number of ether oxygens (including phenoxy) is 2. The van der Waals surface area contributed by atoms with Gasteiger partial charge in [-0.25, -0.2) is 19.6 Å². The molecule has 95 heavy (non-hydrogen) atoms. The average Bonchev–Trinajstić information content (AvgIpc) is 0.904. The van der Waals surface area contributed by atoms with Gasteiger partial charge in [0.2, 0.25) is 12.4 Å². The number of aliphatic carboxylic acids is 2. The predicted molar refractivity (Wildman–Crippen MR) is 335 cm³/mol. The lowest BCUT2D eigenvalue weighted by atomic mass is 9.84. The van der Waals surface area contributed by atoms with Crippen molar-refractivity contribution in [3.05, 3.63) is 94.5 Å². The fourth-order valence-corrected chi connectivity index (χ4v) is 13.1. The van der Waals surface area contributed by atoms with Crippen molar-refractivity contribution in [1.82, 2.24) is 40.1 Å². The molecule has 8 atom stereocenters. The molecule has 6 aromatic rings. The first-order valence-corrected chi connectivity index (χ1v) is 32.6. The van der Waals surface area contributed by atoms with Crippen LogP contribution in [0.4, 0.5) is 10.3 Å². The number of aryl methyl sites for hydroxylation is 4. The van der Waals surface area contributed by atoms with E-state index in [0.29, 0.717) is 34.5 Å². The third-order valence-electron chi connectivity index (χ3n) is 17.0. The number of nitrogen functional groups attached to an aromatic ring is 2. The molecule has 0 radical (unpaired) electrons. The molecule has 508 valence electrons. The van der Waals surface area contributed by atoms with Gasteiger partial charge in [-0.15, -0.1) is 40.6 Å². The first-order valence-electron chi connectivity index (χ1n) is 29.5. The number of nitrogens with one attached hydrogen (secondary N) is 2. The number of aliphatic hydroxyl groups is 2.